The van der Waals surface area contributed by atoms with Crippen LogP contribution in [0.3, 0.4) is 0 Å². The van der Waals surface area contributed by atoms with E-state index in [1.54, 1.807) is 18.3 Å². The summed E-state index contributed by atoms with van der Waals surface area (Å²) in [4.78, 5) is 21.6. The number of pyridine rings is 1. The van der Waals surface area contributed by atoms with E-state index in [0.717, 1.165) is 48.6 Å². The Morgan fingerprint density at radius 2 is 2.16 bits per heavy atom. The molecule has 0 radical (unpaired) electrons. The molecule has 0 saturated carbocycles. The molecular weight excluding hydrogens is 430 g/mol. The molecule has 1 aliphatic heterocycles. The second-order valence-corrected chi connectivity index (χ2v) is 8.18. The molecule has 168 valence electrons. The quantitative estimate of drug-likeness (QED) is 0.430. The Balaban J connectivity index is 1.49. The van der Waals surface area contributed by atoms with Crippen LogP contribution in [0.15, 0.2) is 36.5 Å². The lowest BCUT2D eigenvalue weighted by molar-refractivity contribution is 0.0903. The minimum atomic E-state index is -0.397. The maximum atomic E-state index is 12.8. The number of hydrogen-bond donors (Lipinski definition) is 4. The van der Waals surface area contributed by atoms with Crippen molar-refractivity contribution in [1.82, 2.24) is 25.5 Å². The highest BCUT2D eigenvalue weighted by molar-refractivity contribution is 6.30. The van der Waals surface area contributed by atoms with Crippen LogP contribution in [0.2, 0.25) is 5.02 Å². The van der Waals surface area contributed by atoms with Crippen LogP contribution in [0.25, 0.3) is 11.4 Å². The number of carbonyl (C=O) groups is 1. The first kappa shape index (κ1) is 22.2. The second kappa shape index (κ2) is 10.1. The number of ether oxygens (including phenoxy) is 1. The largest absolute Gasteiger partial charge is 0.381 e. The van der Waals surface area contributed by atoms with Gasteiger partial charge >= 0.3 is 0 Å². The van der Waals surface area contributed by atoms with Crippen LogP contribution in [0, 0.1) is 6.92 Å². The summed E-state index contributed by atoms with van der Waals surface area (Å²) in [6, 6.07) is 9.06. The van der Waals surface area contributed by atoms with Gasteiger partial charge in [0, 0.05) is 42.6 Å². The van der Waals surface area contributed by atoms with Crippen LogP contribution in [-0.4, -0.2) is 51.9 Å². The van der Waals surface area contributed by atoms with Crippen molar-refractivity contribution in [2.24, 2.45) is 5.73 Å². The number of anilines is 1. The number of H-pyrrole nitrogens is 1. The smallest absolute Gasteiger partial charge is 0.289 e. The Hall–Kier alpha value is -3.01. The number of nitrogens with zero attached hydrogens (tertiary/aromatic N) is 3. The fourth-order valence-electron chi connectivity index (χ4n) is 3.61. The molecule has 9 nitrogen and oxygen atoms in total. The Bertz CT molecular complexity index is 1080. The molecule has 1 amide bonds. The van der Waals surface area contributed by atoms with E-state index < -0.39 is 11.9 Å². The van der Waals surface area contributed by atoms with Gasteiger partial charge in [-0.2, -0.15) is 5.10 Å². The third-order valence-corrected chi connectivity index (χ3v) is 5.65. The van der Waals surface area contributed by atoms with E-state index >= 15 is 0 Å². The third kappa shape index (κ3) is 5.24. The van der Waals surface area contributed by atoms with E-state index in [1.165, 1.54) is 0 Å². The highest BCUT2D eigenvalue weighted by atomic mass is 35.5. The van der Waals surface area contributed by atoms with Crippen LogP contribution in [-0.2, 0) is 4.74 Å². The number of amides is 1. The summed E-state index contributed by atoms with van der Waals surface area (Å²) < 4.78 is 5.41. The maximum Gasteiger partial charge on any atom is 0.289 e. The van der Waals surface area contributed by atoms with E-state index in [2.05, 4.69) is 30.8 Å². The number of nitrogens with two attached hydrogens (primary N) is 1. The molecule has 1 aromatic carbocycles. The zero-order valence-electron chi connectivity index (χ0n) is 17.8. The van der Waals surface area contributed by atoms with Crippen LogP contribution < -0.4 is 16.4 Å². The molecule has 0 aliphatic carbocycles. The number of aromatic amines is 1. The maximum absolute atomic E-state index is 12.8. The van der Waals surface area contributed by atoms with Crippen molar-refractivity contribution < 1.29 is 9.53 Å². The molecule has 3 heterocycles. The zero-order valence-corrected chi connectivity index (χ0v) is 18.5. The van der Waals surface area contributed by atoms with Crippen molar-refractivity contribution in [2.45, 2.75) is 31.8 Å². The van der Waals surface area contributed by atoms with E-state index in [-0.39, 0.29) is 12.4 Å². The SMILES string of the molecule is Cc1cnc(NC2CCOCC2)cc1-c1n[nH]c(C(=O)NC(CN)c2cccc(Cl)c2)n1. The molecule has 0 spiro atoms. The summed E-state index contributed by atoms with van der Waals surface area (Å²) in [7, 11) is 0. The molecule has 3 aromatic rings. The minimum absolute atomic E-state index is 0.107. The average molecular weight is 456 g/mol. The lowest BCUT2D eigenvalue weighted by atomic mass is 10.1. The topological polar surface area (TPSA) is 131 Å². The Morgan fingerprint density at radius 3 is 2.91 bits per heavy atom. The van der Waals surface area contributed by atoms with Gasteiger partial charge < -0.3 is 21.1 Å². The van der Waals surface area contributed by atoms with Gasteiger partial charge in [-0.1, -0.05) is 23.7 Å². The fraction of sp³-hybridized carbons (Fsp3) is 0.364. The summed E-state index contributed by atoms with van der Waals surface area (Å²) in [6.45, 7) is 3.64. The van der Waals surface area contributed by atoms with Gasteiger partial charge in [0.25, 0.3) is 5.91 Å². The van der Waals surface area contributed by atoms with E-state index in [9.17, 15) is 4.79 Å². The first-order chi connectivity index (χ1) is 15.5. The van der Waals surface area contributed by atoms with Crippen molar-refractivity contribution in [2.75, 3.05) is 25.1 Å². The number of rotatable bonds is 7. The average Bonchev–Trinajstić information content (AvgIpc) is 3.29. The first-order valence-corrected chi connectivity index (χ1v) is 10.9. The van der Waals surface area contributed by atoms with E-state index in [4.69, 9.17) is 22.1 Å². The van der Waals surface area contributed by atoms with Gasteiger partial charge in [0.15, 0.2) is 5.82 Å². The van der Waals surface area contributed by atoms with Crippen LogP contribution in [0.1, 0.15) is 40.6 Å². The Morgan fingerprint density at radius 1 is 1.34 bits per heavy atom. The van der Waals surface area contributed by atoms with Crippen molar-refractivity contribution in [3.63, 3.8) is 0 Å². The molecule has 5 N–H and O–H groups in total. The Labute approximate surface area is 191 Å². The summed E-state index contributed by atoms with van der Waals surface area (Å²) >= 11 is 6.06. The predicted molar refractivity (Wildman–Crippen MR) is 123 cm³/mol. The molecule has 2 aromatic heterocycles. The van der Waals surface area contributed by atoms with E-state index in [0.29, 0.717) is 16.9 Å². The van der Waals surface area contributed by atoms with Gasteiger partial charge in [0.05, 0.1) is 6.04 Å². The number of hydrogen-bond acceptors (Lipinski definition) is 7. The van der Waals surface area contributed by atoms with Gasteiger partial charge in [-0.15, -0.1) is 0 Å². The minimum Gasteiger partial charge on any atom is -0.381 e. The first-order valence-electron chi connectivity index (χ1n) is 10.5. The number of aromatic nitrogens is 4. The molecule has 0 bridgehead atoms. The molecule has 1 aliphatic rings. The standard InChI is InChI=1S/C22H26ClN7O2/c1-13-12-25-19(26-16-5-7-32-8-6-16)10-17(13)20-28-21(30-29-20)22(31)27-18(11-24)14-3-2-4-15(23)9-14/h2-4,9-10,12,16,18H,5-8,11,24H2,1H3,(H,25,26)(H,27,31)(H,28,29,30). The normalized spacial score (nSPS) is 15.3. The van der Waals surface area contributed by atoms with Crippen LogP contribution in [0.5, 0.6) is 0 Å². The highest BCUT2D eigenvalue weighted by Crippen LogP contribution is 2.24. The zero-order chi connectivity index (χ0) is 22.5. The monoisotopic (exact) mass is 455 g/mol. The second-order valence-electron chi connectivity index (χ2n) is 7.74. The Kier molecular flexibility index (Phi) is 6.99. The molecular formula is C22H26ClN7O2. The van der Waals surface area contributed by atoms with E-state index in [1.807, 2.05) is 25.1 Å². The highest BCUT2D eigenvalue weighted by Gasteiger charge is 2.20. The summed E-state index contributed by atoms with van der Waals surface area (Å²) in [6.07, 6.45) is 3.65. The van der Waals surface area contributed by atoms with Crippen molar-refractivity contribution in [1.29, 1.82) is 0 Å². The lowest BCUT2D eigenvalue weighted by Gasteiger charge is -2.23. The van der Waals surface area contributed by atoms with Crippen molar-refractivity contribution in [3.8, 4) is 11.4 Å². The molecule has 4 rings (SSSR count). The number of benzene rings is 1. The lowest BCUT2D eigenvalue weighted by Crippen LogP contribution is -2.34. The fourth-order valence-corrected chi connectivity index (χ4v) is 3.81. The summed E-state index contributed by atoms with van der Waals surface area (Å²) in [5, 5.41) is 13.9. The molecule has 1 atom stereocenters. The number of aryl methyl sites for hydroxylation is 1. The molecule has 1 unspecified atom stereocenters. The molecule has 1 fully saturated rings. The molecule has 32 heavy (non-hydrogen) atoms. The van der Waals surface area contributed by atoms with Crippen LogP contribution >= 0.6 is 11.6 Å². The van der Waals surface area contributed by atoms with Gasteiger partial charge in [0.1, 0.15) is 5.82 Å². The summed E-state index contributed by atoms with van der Waals surface area (Å²) in [5.41, 5.74) is 8.40. The molecule has 10 heteroatoms. The number of nitrogens with one attached hydrogen (secondary N) is 3. The summed E-state index contributed by atoms with van der Waals surface area (Å²) in [5.74, 6) is 0.886. The van der Waals surface area contributed by atoms with Crippen molar-refractivity contribution >= 4 is 23.3 Å². The third-order valence-electron chi connectivity index (χ3n) is 5.41. The van der Waals surface area contributed by atoms with Crippen LogP contribution in [0.4, 0.5) is 5.82 Å². The van der Waals surface area contributed by atoms with Gasteiger partial charge in [0.2, 0.25) is 5.82 Å². The molecule has 1 saturated heterocycles. The number of carbonyl (C=O) groups excluding carboxylic acids is 1. The predicted octanol–water partition coefficient (Wildman–Crippen LogP) is 2.85. The van der Waals surface area contributed by atoms with Gasteiger partial charge in [-0.25, -0.2) is 9.97 Å². The van der Waals surface area contributed by atoms with Gasteiger partial charge in [-0.3, -0.25) is 9.89 Å². The number of halogens is 1. The van der Waals surface area contributed by atoms with Gasteiger partial charge in [-0.05, 0) is 49.1 Å². The van der Waals surface area contributed by atoms with Crippen molar-refractivity contribution in [3.05, 3.63) is 58.5 Å².